The fourth-order valence-corrected chi connectivity index (χ4v) is 1.41. The van der Waals surface area contributed by atoms with Crippen molar-refractivity contribution in [3.8, 4) is 6.07 Å². The number of nitriles is 1. The highest BCUT2D eigenvalue weighted by Gasteiger charge is 2.09. The van der Waals surface area contributed by atoms with Crippen molar-refractivity contribution in [2.45, 2.75) is 6.42 Å². The first-order valence-electron chi connectivity index (χ1n) is 4.03. The van der Waals surface area contributed by atoms with Crippen LogP contribution in [0.1, 0.15) is 16.7 Å². The van der Waals surface area contributed by atoms with E-state index in [-0.39, 0.29) is 5.78 Å². The Hall–Kier alpha value is -1.88. The van der Waals surface area contributed by atoms with Crippen LogP contribution < -0.4 is 0 Å². The van der Waals surface area contributed by atoms with Gasteiger partial charge in [0, 0.05) is 6.42 Å². The molecule has 1 aliphatic carbocycles. The van der Waals surface area contributed by atoms with Crippen LogP contribution in [-0.2, 0) is 11.2 Å². The maximum absolute atomic E-state index is 11.0. The van der Waals surface area contributed by atoms with Gasteiger partial charge < -0.3 is 0 Å². The summed E-state index contributed by atoms with van der Waals surface area (Å²) in [6.45, 7) is 0. The number of carbonyl (C=O) groups excluding carboxylic acids is 1. The molecule has 62 valence electrons. The summed E-state index contributed by atoms with van der Waals surface area (Å²) in [5.41, 5.74) is 2.63. The van der Waals surface area contributed by atoms with Crippen molar-refractivity contribution in [1.29, 1.82) is 5.26 Å². The molecule has 1 aromatic carbocycles. The molecule has 0 heterocycles. The highest BCUT2D eigenvalue weighted by atomic mass is 16.1. The van der Waals surface area contributed by atoms with E-state index in [4.69, 9.17) is 5.26 Å². The lowest BCUT2D eigenvalue weighted by Crippen LogP contribution is -2.05. The molecule has 2 rings (SSSR count). The second-order valence-corrected chi connectivity index (χ2v) is 3.00. The van der Waals surface area contributed by atoms with Gasteiger partial charge in [-0.15, -0.1) is 0 Å². The van der Waals surface area contributed by atoms with E-state index in [1.165, 1.54) is 0 Å². The first-order chi connectivity index (χ1) is 6.29. The predicted octanol–water partition coefficient (Wildman–Crippen LogP) is 1.70. The smallest absolute Gasteiger partial charge is 0.160 e. The number of fused-ring (bicyclic) bond motifs is 1. The van der Waals surface area contributed by atoms with Crippen molar-refractivity contribution < 1.29 is 4.79 Å². The lowest BCUT2D eigenvalue weighted by atomic mass is 9.95. The van der Waals surface area contributed by atoms with Crippen LogP contribution in [0.4, 0.5) is 0 Å². The molecule has 0 amide bonds. The van der Waals surface area contributed by atoms with E-state index in [0.29, 0.717) is 12.0 Å². The molecule has 0 radical (unpaired) electrons. The Labute approximate surface area is 76.1 Å². The zero-order chi connectivity index (χ0) is 9.26. The van der Waals surface area contributed by atoms with Crippen LogP contribution in [0.5, 0.6) is 0 Å². The van der Waals surface area contributed by atoms with Gasteiger partial charge in [0.1, 0.15) is 0 Å². The Morgan fingerprint density at radius 2 is 2.15 bits per heavy atom. The van der Waals surface area contributed by atoms with Crippen molar-refractivity contribution >= 4 is 11.9 Å². The molecule has 0 atom stereocenters. The fourth-order valence-electron chi connectivity index (χ4n) is 1.41. The molecule has 0 saturated carbocycles. The summed E-state index contributed by atoms with van der Waals surface area (Å²) in [6.07, 6.45) is 3.78. The number of ketones is 1. The maximum atomic E-state index is 11.0. The predicted molar refractivity (Wildman–Crippen MR) is 48.9 cm³/mol. The third kappa shape index (κ3) is 1.36. The SMILES string of the molecule is N#Cc1ccc2c(c1)C=CC(=O)C2. The standard InChI is InChI=1S/C11H7NO/c12-7-8-1-2-10-6-11(13)4-3-9(10)5-8/h1-5H,6H2. The van der Waals surface area contributed by atoms with E-state index in [1.807, 2.05) is 6.07 Å². The second kappa shape index (κ2) is 2.87. The molecule has 0 fully saturated rings. The molecular weight excluding hydrogens is 162 g/mol. The van der Waals surface area contributed by atoms with Crippen LogP contribution in [-0.4, -0.2) is 5.78 Å². The van der Waals surface area contributed by atoms with Crippen LogP contribution >= 0.6 is 0 Å². The van der Waals surface area contributed by atoms with E-state index in [1.54, 1.807) is 24.3 Å². The maximum Gasteiger partial charge on any atom is 0.160 e. The lowest BCUT2D eigenvalue weighted by Gasteiger charge is -2.08. The van der Waals surface area contributed by atoms with E-state index >= 15 is 0 Å². The number of hydrogen-bond acceptors (Lipinski definition) is 2. The van der Waals surface area contributed by atoms with Gasteiger partial charge in [0.25, 0.3) is 0 Å². The minimum Gasteiger partial charge on any atom is -0.294 e. The molecule has 13 heavy (non-hydrogen) atoms. The second-order valence-electron chi connectivity index (χ2n) is 3.00. The number of nitrogens with zero attached hydrogens (tertiary/aromatic N) is 1. The Balaban J connectivity index is 2.53. The third-order valence-electron chi connectivity index (χ3n) is 2.09. The van der Waals surface area contributed by atoms with Gasteiger partial charge in [-0.05, 0) is 29.3 Å². The molecule has 1 aromatic rings. The minimum atomic E-state index is 0.122. The van der Waals surface area contributed by atoms with Gasteiger partial charge in [0.15, 0.2) is 5.78 Å². The fraction of sp³-hybridized carbons (Fsp3) is 0.0909. The first-order valence-corrected chi connectivity index (χ1v) is 4.03. The summed E-state index contributed by atoms with van der Waals surface area (Å²) in [5.74, 6) is 0.122. The zero-order valence-corrected chi connectivity index (χ0v) is 6.95. The van der Waals surface area contributed by atoms with Crippen LogP contribution in [0.3, 0.4) is 0 Å². The van der Waals surface area contributed by atoms with E-state index in [2.05, 4.69) is 6.07 Å². The van der Waals surface area contributed by atoms with Crippen molar-refractivity contribution in [2.24, 2.45) is 0 Å². The van der Waals surface area contributed by atoms with Crippen molar-refractivity contribution in [3.05, 3.63) is 41.0 Å². The number of hydrogen-bond donors (Lipinski definition) is 0. The average Bonchev–Trinajstić information content (AvgIpc) is 2.17. The number of benzene rings is 1. The molecule has 0 saturated heterocycles. The Morgan fingerprint density at radius 3 is 2.92 bits per heavy atom. The molecule has 2 heteroatoms. The van der Waals surface area contributed by atoms with Crippen molar-refractivity contribution in [3.63, 3.8) is 0 Å². The third-order valence-corrected chi connectivity index (χ3v) is 2.09. The van der Waals surface area contributed by atoms with Gasteiger partial charge in [-0.25, -0.2) is 0 Å². The summed E-state index contributed by atoms with van der Waals surface area (Å²) in [7, 11) is 0. The summed E-state index contributed by atoms with van der Waals surface area (Å²) in [6, 6.07) is 7.46. The van der Waals surface area contributed by atoms with Gasteiger partial charge in [-0.2, -0.15) is 5.26 Å². The average molecular weight is 169 g/mol. The molecule has 0 spiro atoms. The van der Waals surface area contributed by atoms with Crippen LogP contribution in [0, 0.1) is 11.3 Å². The van der Waals surface area contributed by atoms with Crippen molar-refractivity contribution in [1.82, 2.24) is 0 Å². The molecule has 0 unspecified atom stereocenters. The largest absolute Gasteiger partial charge is 0.294 e. The summed E-state index contributed by atoms with van der Waals surface area (Å²) < 4.78 is 0. The topological polar surface area (TPSA) is 40.9 Å². The van der Waals surface area contributed by atoms with Crippen LogP contribution in [0.15, 0.2) is 24.3 Å². The molecule has 0 bridgehead atoms. The summed E-state index contributed by atoms with van der Waals surface area (Å²) >= 11 is 0. The molecule has 0 N–H and O–H groups in total. The van der Waals surface area contributed by atoms with Crippen molar-refractivity contribution in [2.75, 3.05) is 0 Å². The van der Waals surface area contributed by atoms with Gasteiger partial charge in [-0.1, -0.05) is 12.1 Å². The highest BCUT2D eigenvalue weighted by molar-refractivity contribution is 5.98. The van der Waals surface area contributed by atoms with Crippen LogP contribution in [0.25, 0.3) is 6.08 Å². The highest BCUT2D eigenvalue weighted by Crippen LogP contribution is 2.18. The lowest BCUT2D eigenvalue weighted by molar-refractivity contribution is -0.114. The molecular formula is C11H7NO. The summed E-state index contributed by atoms with van der Waals surface area (Å²) in [4.78, 5) is 11.0. The normalized spacial score (nSPS) is 13.6. The van der Waals surface area contributed by atoms with E-state index in [9.17, 15) is 4.79 Å². The number of allylic oxidation sites excluding steroid dienone is 1. The molecule has 1 aliphatic rings. The first kappa shape index (κ1) is 7.75. The molecule has 2 nitrogen and oxygen atoms in total. The van der Waals surface area contributed by atoms with Gasteiger partial charge >= 0.3 is 0 Å². The number of carbonyl (C=O) groups is 1. The Kier molecular flexibility index (Phi) is 1.71. The Morgan fingerprint density at radius 1 is 1.31 bits per heavy atom. The molecule has 0 aliphatic heterocycles. The Bertz CT molecular complexity index is 438. The quantitative estimate of drug-likeness (QED) is 0.593. The van der Waals surface area contributed by atoms with Gasteiger partial charge in [-0.3, -0.25) is 4.79 Å². The van der Waals surface area contributed by atoms with Gasteiger partial charge in [0.2, 0.25) is 0 Å². The molecule has 0 aromatic heterocycles. The zero-order valence-electron chi connectivity index (χ0n) is 6.95. The van der Waals surface area contributed by atoms with Crippen LogP contribution in [0.2, 0.25) is 0 Å². The monoisotopic (exact) mass is 169 g/mol. The van der Waals surface area contributed by atoms with Gasteiger partial charge in [0.05, 0.1) is 11.6 Å². The van der Waals surface area contributed by atoms with E-state index < -0.39 is 0 Å². The van der Waals surface area contributed by atoms with E-state index in [0.717, 1.165) is 11.1 Å². The number of rotatable bonds is 0. The minimum absolute atomic E-state index is 0.122. The summed E-state index contributed by atoms with van der Waals surface area (Å²) in [5, 5.41) is 8.65.